The number of aromatic hydroxyl groups is 1. The van der Waals surface area contributed by atoms with Crippen LogP contribution in [0, 0.1) is 5.92 Å². The summed E-state index contributed by atoms with van der Waals surface area (Å²) in [6, 6.07) is 6.58. The van der Waals surface area contributed by atoms with E-state index in [4.69, 9.17) is 0 Å². The fraction of sp³-hybridized carbons (Fsp3) is 0.647. The van der Waals surface area contributed by atoms with Crippen LogP contribution in [0.2, 0.25) is 0 Å². The predicted molar refractivity (Wildman–Crippen MR) is 78.4 cm³/mol. The van der Waals surface area contributed by atoms with Gasteiger partial charge in [0.25, 0.3) is 0 Å². The van der Waals surface area contributed by atoms with Crippen LogP contribution in [0.25, 0.3) is 0 Å². The molecule has 104 valence electrons. The summed E-state index contributed by atoms with van der Waals surface area (Å²) in [5, 5.41) is 9.65. The number of benzene rings is 1. The average Bonchev–Trinajstić information content (AvgIpc) is 2.62. The highest BCUT2D eigenvalue weighted by atomic mass is 16.3. The Morgan fingerprint density at radius 3 is 2.89 bits per heavy atom. The number of nitrogens with zero attached hydrogens (tertiary/aromatic N) is 1. The van der Waals surface area contributed by atoms with Gasteiger partial charge in [0.2, 0.25) is 0 Å². The molecule has 1 heterocycles. The standard InChI is InChI=1S/C17H25NO/c1-13-4-3-10-18(11-9-13)17-6-2-5-14-12-15(19)7-8-16(14)17/h7-8,12-13,17,19H,2-6,9-11H2,1H3. The Morgan fingerprint density at radius 2 is 2.00 bits per heavy atom. The van der Waals surface area contributed by atoms with E-state index in [0.717, 1.165) is 12.3 Å². The van der Waals surface area contributed by atoms with Crippen molar-refractivity contribution in [2.75, 3.05) is 13.1 Å². The zero-order chi connectivity index (χ0) is 13.2. The number of fused-ring (bicyclic) bond motifs is 1. The summed E-state index contributed by atoms with van der Waals surface area (Å²) in [5.41, 5.74) is 2.84. The molecule has 1 aliphatic heterocycles. The molecule has 3 rings (SSSR count). The minimum atomic E-state index is 0.420. The minimum absolute atomic E-state index is 0.420. The second-order valence-corrected chi connectivity index (χ2v) is 6.36. The van der Waals surface area contributed by atoms with Gasteiger partial charge in [-0.25, -0.2) is 0 Å². The normalized spacial score (nSPS) is 28.7. The van der Waals surface area contributed by atoms with E-state index in [1.807, 2.05) is 12.1 Å². The van der Waals surface area contributed by atoms with Crippen LogP contribution < -0.4 is 0 Å². The zero-order valence-corrected chi connectivity index (χ0v) is 11.9. The Hall–Kier alpha value is -1.02. The number of hydrogen-bond acceptors (Lipinski definition) is 2. The summed E-state index contributed by atoms with van der Waals surface area (Å²) < 4.78 is 0. The molecule has 0 spiro atoms. The Kier molecular flexibility index (Phi) is 3.79. The topological polar surface area (TPSA) is 23.5 Å². The molecule has 19 heavy (non-hydrogen) atoms. The first-order valence-electron chi connectivity index (χ1n) is 7.80. The third-order valence-corrected chi connectivity index (χ3v) is 4.90. The van der Waals surface area contributed by atoms with Gasteiger partial charge in [0.05, 0.1) is 0 Å². The van der Waals surface area contributed by atoms with Crippen molar-refractivity contribution in [2.45, 2.75) is 51.5 Å². The maximum Gasteiger partial charge on any atom is 0.115 e. The van der Waals surface area contributed by atoms with Gasteiger partial charge in [-0.3, -0.25) is 4.90 Å². The molecule has 1 aromatic rings. The molecule has 0 saturated carbocycles. The molecule has 1 aliphatic carbocycles. The highest BCUT2D eigenvalue weighted by molar-refractivity contribution is 5.38. The van der Waals surface area contributed by atoms with Gasteiger partial charge >= 0.3 is 0 Å². The first-order valence-corrected chi connectivity index (χ1v) is 7.80. The molecular weight excluding hydrogens is 234 g/mol. The Balaban J connectivity index is 1.82. The second kappa shape index (κ2) is 5.54. The van der Waals surface area contributed by atoms with Crippen molar-refractivity contribution in [3.05, 3.63) is 29.3 Å². The zero-order valence-electron chi connectivity index (χ0n) is 11.9. The minimum Gasteiger partial charge on any atom is -0.508 e. The van der Waals surface area contributed by atoms with Crippen LogP contribution in [0.3, 0.4) is 0 Å². The van der Waals surface area contributed by atoms with E-state index in [-0.39, 0.29) is 0 Å². The van der Waals surface area contributed by atoms with Gasteiger partial charge in [-0.05, 0) is 80.8 Å². The van der Waals surface area contributed by atoms with Gasteiger partial charge < -0.3 is 5.11 Å². The fourth-order valence-corrected chi connectivity index (χ4v) is 3.75. The van der Waals surface area contributed by atoms with Crippen molar-refractivity contribution in [3.63, 3.8) is 0 Å². The molecule has 1 aromatic carbocycles. The molecule has 2 atom stereocenters. The summed E-state index contributed by atoms with van der Waals surface area (Å²) in [6.07, 6.45) is 7.73. The van der Waals surface area contributed by atoms with Crippen LogP contribution in [0.1, 0.15) is 56.2 Å². The Morgan fingerprint density at radius 1 is 1.11 bits per heavy atom. The average molecular weight is 259 g/mol. The monoisotopic (exact) mass is 259 g/mol. The second-order valence-electron chi connectivity index (χ2n) is 6.36. The van der Waals surface area contributed by atoms with Crippen molar-refractivity contribution in [2.24, 2.45) is 5.92 Å². The predicted octanol–water partition coefficient (Wildman–Crippen LogP) is 3.89. The van der Waals surface area contributed by atoms with Crippen molar-refractivity contribution < 1.29 is 5.11 Å². The maximum absolute atomic E-state index is 9.65. The van der Waals surface area contributed by atoms with Crippen molar-refractivity contribution in [3.8, 4) is 5.75 Å². The highest BCUT2D eigenvalue weighted by Crippen LogP contribution is 2.37. The molecule has 0 bridgehead atoms. The summed E-state index contributed by atoms with van der Waals surface area (Å²) in [4.78, 5) is 2.69. The van der Waals surface area contributed by atoms with Gasteiger partial charge in [0, 0.05) is 6.04 Å². The van der Waals surface area contributed by atoms with E-state index in [1.165, 1.54) is 56.3 Å². The van der Waals surface area contributed by atoms with E-state index >= 15 is 0 Å². The lowest BCUT2D eigenvalue weighted by Crippen LogP contribution is -2.32. The third kappa shape index (κ3) is 2.79. The molecule has 2 aliphatic rings. The third-order valence-electron chi connectivity index (χ3n) is 4.90. The summed E-state index contributed by atoms with van der Waals surface area (Å²) in [5.74, 6) is 1.30. The van der Waals surface area contributed by atoms with Gasteiger partial charge in [0.15, 0.2) is 0 Å². The van der Waals surface area contributed by atoms with Gasteiger partial charge in [-0.2, -0.15) is 0 Å². The van der Waals surface area contributed by atoms with Gasteiger partial charge in [-0.15, -0.1) is 0 Å². The molecule has 0 radical (unpaired) electrons. The quantitative estimate of drug-likeness (QED) is 0.827. The van der Waals surface area contributed by atoms with E-state index in [2.05, 4.69) is 17.9 Å². The maximum atomic E-state index is 9.65. The van der Waals surface area contributed by atoms with E-state index in [1.54, 1.807) is 0 Å². The van der Waals surface area contributed by atoms with Crippen LogP contribution in [0.5, 0.6) is 5.75 Å². The first kappa shape index (κ1) is 13.0. The van der Waals surface area contributed by atoms with E-state index < -0.39 is 0 Å². The first-order chi connectivity index (χ1) is 9.24. The number of aryl methyl sites for hydroxylation is 1. The number of rotatable bonds is 1. The van der Waals surface area contributed by atoms with Crippen molar-refractivity contribution in [1.82, 2.24) is 4.90 Å². The number of likely N-dealkylation sites (tertiary alicyclic amines) is 1. The molecule has 2 unspecified atom stereocenters. The SMILES string of the molecule is CC1CCCN(C2CCCc3cc(O)ccc32)CC1. The molecule has 1 N–H and O–H groups in total. The van der Waals surface area contributed by atoms with Crippen LogP contribution in [0.4, 0.5) is 0 Å². The Labute approximate surface area is 116 Å². The molecule has 0 aromatic heterocycles. The summed E-state index contributed by atoms with van der Waals surface area (Å²) in [7, 11) is 0. The number of phenolic OH excluding ortho intramolecular Hbond substituents is 1. The van der Waals surface area contributed by atoms with Crippen LogP contribution in [-0.4, -0.2) is 23.1 Å². The van der Waals surface area contributed by atoms with Crippen LogP contribution >= 0.6 is 0 Å². The number of phenols is 1. The summed E-state index contributed by atoms with van der Waals surface area (Å²) in [6.45, 7) is 4.87. The molecule has 0 amide bonds. The fourth-order valence-electron chi connectivity index (χ4n) is 3.75. The van der Waals surface area contributed by atoms with Gasteiger partial charge in [0.1, 0.15) is 5.75 Å². The van der Waals surface area contributed by atoms with Crippen molar-refractivity contribution >= 4 is 0 Å². The van der Waals surface area contributed by atoms with Gasteiger partial charge in [-0.1, -0.05) is 13.0 Å². The molecule has 1 saturated heterocycles. The van der Waals surface area contributed by atoms with E-state index in [0.29, 0.717) is 11.8 Å². The largest absolute Gasteiger partial charge is 0.508 e. The lowest BCUT2D eigenvalue weighted by atomic mass is 9.86. The van der Waals surface area contributed by atoms with Crippen LogP contribution in [0.15, 0.2) is 18.2 Å². The van der Waals surface area contributed by atoms with Crippen molar-refractivity contribution in [1.29, 1.82) is 0 Å². The molecule has 2 heteroatoms. The molecule has 1 fully saturated rings. The van der Waals surface area contributed by atoms with E-state index in [9.17, 15) is 5.11 Å². The smallest absolute Gasteiger partial charge is 0.115 e. The number of hydrogen-bond donors (Lipinski definition) is 1. The summed E-state index contributed by atoms with van der Waals surface area (Å²) >= 11 is 0. The molecule has 2 nitrogen and oxygen atoms in total. The lowest BCUT2D eigenvalue weighted by molar-refractivity contribution is 0.183. The highest BCUT2D eigenvalue weighted by Gasteiger charge is 2.27. The Bertz CT molecular complexity index is 443. The molecular formula is C17H25NO. The lowest BCUT2D eigenvalue weighted by Gasteiger charge is -2.35. The van der Waals surface area contributed by atoms with Crippen LogP contribution in [-0.2, 0) is 6.42 Å².